The van der Waals surface area contributed by atoms with Crippen LogP contribution in [0.4, 0.5) is 0 Å². The zero-order chi connectivity index (χ0) is 57.9. The van der Waals surface area contributed by atoms with Crippen LogP contribution in [0.5, 0.6) is 0 Å². The Labute approximate surface area is 571 Å². The molecule has 0 fully saturated rings. The van der Waals surface area contributed by atoms with E-state index in [9.17, 15) is 0 Å². The van der Waals surface area contributed by atoms with Gasteiger partial charge in [-0.3, -0.25) is 0 Å². The van der Waals surface area contributed by atoms with Crippen molar-refractivity contribution in [2.45, 2.75) is 0 Å². The molecule has 16 aromatic rings. The first-order chi connectivity index (χ1) is 41.8. The molecule has 5 nitrogen and oxygen atoms in total. The van der Waals surface area contributed by atoms with E-state index < -0.39 is 0 Å². The quantitative estimate of drug-likeness (QED) is 0.138. The summed E-state index contributed by atoms with van der Waals surface area (Å²) in [6.07, 6.45) is 3.60. The van der Waals surface area contributed by atoms with Crippen LogP contribution in [-0.4, -0.2) is 24.1 Å². The second-order valence-electron chi connectivity index (χ2n) is 19.8. The van der Waals surface area contributed by atoms with Crippen LogP contribution in [0.25, 0.3) is 110 Å². The Morgan fingerprint density at radius 1 is 0.333 bits per heavy atom. The molecule has 16 rings (SSSR count). The molecule has 5 heterocycles. The largest absolute Gasteiger partial charge is 0.355 e. The fourth-order valence-electron chi connectivity index (χ4n) is 10.4. The molecular weight excluding hydrogens is 1730 g/mol. The summed E-state index contributed by atoms with van der Waals surface area (Å²) in [6.45, 7) is 0. The van der Waals surface area contributed by atoms with Gasteiger partial charge in [-0.05, 0) is 149 Å². The van der Waals surface area contributed by atoms with Crippen molar-refractivity contribution in [1.82, 2.24) is 24.1 Å². The van der Waals surface area contributed by atoms with Crippen molar-refractivity contribution in [1.29, 1.82) is 0 Å². The fraction of sp³-hybridized carbons (Fsp3) is 0. The average Bonchev–Trinajstić information content (AvgIpc) is 2.32. The summed E-state index contributed by atoms with van der Waals surface area (Å²) in [4.78, 5) is 12.1. The summed E-state index contributed by atoms with van der Waals surface area (Å²) in [5.41, 5.74) is 15.9. The maximum absolute atomic E-state index is 4.45. The third-order valence-electron chi connectivity index (χ3n) is 14.4. The van der Waals surface area contributed by atoms with Crippen LogP contribution >= 0.6 is 70.4 Å². The molecule has 0 aliphatic carbocycles. The fourth-order valence-corrected chi connectivity index (χ4v) is 11.7. The maximum atomic E-state index is 4.45. The first kappa shape index (κ1) is 62.6. The molecule has 0 aliphatic rings. The molecule has 2 radical (unpaired) electrons. The molecule has 0 saturated heterocycles. The van der Waals surface area contributed by atoms with Gasteiger partial charge in [-0.1, -0.05) is 198 Å². The van der Waals surface area contributed by atoms with Crippen molar-refractivity contribution in [2.75, 3.05) is 0 Å². The Bertz CT molecular complexity index is 4700. The van der Waals surface area contributed by atoms with Gasteiger partial charge in [-0.2, -0.15) is 0 Å². The number of nitrogens with one attached hydrogen (secondary N) is 1. The topological polar surface area (TPSA) is 51.4 Å². The Kier molecular flexibility index (Phi) is 21.6. The summed E-state index contributed by atoms with van der Waals surface area (Å²) < 4.78 is 9.21. The Balaban J connectivity index is 0.000000129. The number of para-hydroxylation sites is 6. The van der Waals surface area contributed by atoms with Crippen molar-refractivity contribution >= 4 is 136 Å². The van der Waals surface area contributed by atoms with Gasteiger partial charge in [0, 0.05) is 120 Å². The van der Waals surface area contributed by atoms with Gasteiger partial charge in [-0.25, -0.2) is 0 Å². The summed E-state index contributed by atoms with van der Waals surface area (Å²) in [6, 6.07) is 107. The van der Waals surface area contributed by atoms with Gasteiger partial charge < -0.3 is 24.1 Å². The normalized spacial score (nSPS) is 10.6. The predicted molar refractivity (Wildman–Crippen MR) is 376 cm³/mol. The smallest absolute Gasteiger partial charge is 0.0541 e. The molecule has 5 aromatic heterocycles. The van der Waals surface area contributed by atoms with E-state index in [0.717, 1.165) is 47.2 Å². The first-order valence-electron chi connectivity index (χ1n) is 27.5. The van der Waals surface area contributed by atoms with Crippen LogP contribution < -0.4 is 0 Å². The summed E-state index contributed by atoms with van der Waals surface area (Å²) in [5.74, 6) is 0. The number of rotatable bonds is 5. The molecule has 87 heavy (non-hydrogen) atoms. The van der Waals surface area contributed by atoms with E-state index in [1.807, 2.05) is 79.0 Å². The number of fused-ring (bicyclic) bond motifs is 9. The standard InChI is InChI=1S/C29H19N2.C18H12BrN.C12H9N.C11H7BrN.C6H4BrI.2Ir/c1-3-13-28-25(10-1)26-11-2-4-14-29(26)31(28)24-17-15-21(16-18-24)22-8-7-9-23(20-22)27-12-5-6-19-30-27;19-13-9-11-14(12-10-13)20-17-7-3-1-5-15(17)16-6-2-4-8-18(16)20;1-3-7-11-9(5-1)10-6-2-4-8-12(10)13-11;12-10-5-3-4-9(8-10)11-6-1-2-7-13-11;7-5-1-3-6(8)4-2-5;;/h1-8,10-20H;1-12H;1-8,13H;1-3,5-8H;1-4H;;/q-1;;;-1;;;. The van der Waals surface area contributed by atoms with Crippen LogP contribution in [0.15, 0.2) is 317 Å². The van der Waals surface area contributed by atoms with Crippen molar-refractivity contribution in [3.8, 4) is 45.0 Å². The Morgan fingerprint density at radius 3 is 1.11 bits per heavy atom. The van der Waals surface area contributed by atoms with E-state index in [0.29, 0.717) is 0 Å². The number of aromatic nitrogens is 5. The molecule has 0 unspecified atom stereocenters. The minimum absolute atomic E-state index is 0. The number of H-pyrrole nitrogens is 1. The summed E-state index contributed by atoms with van der Waals surface area (Å²) in [7, 11) is 0. The van der Waals surface area contributed by atoms with Crippen LogP contribution in [0.2, 0.25) is 0 Å². The second-order valence-corrected chi connectivity index (χ2v) is 23.7. The Morgan fingerprint density at radius 2 is 0.701 bits per heavy atom. The van der Waals surface area contributed by atoms with Gasteiger partial charge in [0.15, 0.2) is 0 Å². The van der Waals surface area contributed by atoms with E-state index in [1.54, 1.807) is 6.20 Å². The van der Waals surface area contributed by atoms with E-state index in [1.165, 1.54) is 80.2 Å². The number of aromatic amines is 1. The van der Waals surface area contributed by atoms with Crippen LogP contribution in [0.1, 0.15) is 0 Å². The molecule has 0 aliphatic heterocycles. The average molecular weight is 1790 g/mol. The van der Waals surface area contributed by atoms with E-state index in [2.05, 4.69) is 325 Å². The summed E-state index contributed by atoms with van der Waals surface area (Å²) in [5, 5.41) is 7.76. The molecule has 11 aromatic carbocycles. The van der Waals surface area contributed by atoms with E-state index in [-0.39, 0.29) is 40.2 Å². The number of pyridine rings is 2. The van der Waals surface area contributed by atoms with Gasteiger partial charge >= 0.3 is 0 Å². The van der Waals surface area contributed by atoms with Crippen molar-refractivity contribution < 1.29 is 40.2 Å². The molecular formula is C76H51Br3IIr2N5-2. The molecule has 0 amide bonds. The van der Waals surface area contributed by atoms with Gasteiger partial charge in [0.2, 0.25) is 0 Å². The maximum Gasteiger partial charge on any atom is 0.0541 e. The van der Waals surface area contributed by atoms with Crippen LogP contribution in [0.3, 0.4) is 0 Å². The molecule has 0 bridgehead atoms. The summed E-state index contributed by atoms with van der Waals surface area (Å²) >= 11 is 12.5. The van der Waals surface area contributed by atoms with Crippen LogP contribution in [-0.2, 0) is 40.2 Å². The monoisotopic (exact) mass is 1780 g/mol. The van der Waals surface area contributed by atoms with Crippen molar-refractivity contribution in [3.05, 3.63) is 333 Å². The first-order valence-corrected chi connectivity index (χ1v) is 31.0. The van der Waals surface area contributed by atoms with E-state index >= 15 is 0 Å². The van der Waals surface area contributed by atoms with Crippen LogP contribution in [0, 0.1) is 15.7 Å². The second kappa shape index (κ2) is 30.0. The number of nitrogens with zero attached hydrogens (tertiary/aromatic N) is 4. The third-order valence-corrected chi connectivity index (χ3v) is 16.6. The molecule has 0 atom stereocenters. The van der Waals surface area contributed by atoms with Gasteiger partial charge in [0.1, 0.15) is 0 Å². The molecule has 1 N–H and O–H groups in total. The predicted octanol–water partition coefficient (Wildman–Crippen LogP) is 22.5. The van der Waals surface area contributed by atoms with Crippen molar-refractivity contribution in [3.63, 3.8) is 0 Å². The molecule has 11 heteroatoms. The number of benzene rings is 11. The number of hydrogen-bond donors (Lipinski definition) is 1. The molecule has 0 spiro atoms. The third kappa shape index (κ3) is 14.8. The minimum Gasteiger partial charge on any atom is -0.355 e. The molecule has 428 valence electrons. The Hall–Kier alpha value is -7.41. The minimum atomic E-state index is 0. The van der Waals surface area contributed by atoms with Gasteiger partial charge in [0.25, 0.3) is 0 Å². The van der Waals surface area contributed by atoms with Crippen molar-refractivity contribution in [2.24, 2.45) is 0 Å². The SMILES string of the molecule is Brc1cc[c-]c(-c2ccccn2)c1.Brc1ccc(-n2c3ccccc3c3ccccc32)cc1.Brc1ccc(I)cc1.[Ir].[Ir].[c-]1ccc(-c2ccc(-n3c4ccccc4c4ccccc43)cc2)cc1-c1ccccn1.c1ccc2c(c1)[nH]c1ccccc12. The van der Waals surface area contributed by atoms with E-state index in [4.69, 9.17) is 0 Å². The number of halogens is 4. The zero-order valence-corrected chi connectivity index (χ0v) is 58.0. The number of hydrogen-bond acceptors (Lipinski definition) is 2. The molecule has 0 saturated carbocycles. The van der Waals surface area contributed by atoms with Gasteiger partial charge in [0.05, 0.1) is 22.1 Å². The van der Waals surface area contributed by atoms with Gasteiger partial charge in [-0.15, -0.1) is 65.2 Å². The zero-order valence-electron chi connectivity index (χ0n) is 46.3.